The Hall–Kier alpha value is -7.97. The normalized spacial score (nSPS) is 12.1. The van der Waals surface area contributed by atoms with E-state index in [2.05, 4.69) is 194 Å². The summed E-state index contributed by atoms with van der Waals surface area (Å²) in [5.41, 5.74) is 8.27. The van der Waals surface area contributed by atoms with Crippen LogP contribution in [0, 0.1) is 0 Å². The van der Waals surface area contributed by atoms with Crippen LogP contribution in [0.2, 0.25) is 0 Å². The van der Waals surface area contributed by atoms with Gasteiger partial charge in [-0.2, -0.15) is 0 Å². The molecule has 298 valence electrons. The maximum Gasteiger partial charge on any atom is 0.171 e. The lowest BCUT2D eigenvalue weighted by Crippen LogP contribution is -2.25. The van der Waals surface area contributed by atoms with Gasteiger partial charge in [-0.05, 0) is 32.7 Å². The Morgan fingerprint density at radius 1 is 0.250 bits per heavy atom. The molecule has 0 amide bonds. The molecule has 0 N–H and O–H groups in total. The fourth-order valence-electron chi connectivity index (χ4n) is 10.2. The molecule has 2 aromatic heterocycles. The average Bonchev–Trinajstić information content (AvgIpc) is 3.37. The molecule has 11 aromatic carbocycles. The van der Waals surface area contributed by atoms with Gasteiger partial charge in [0.15, 0.2) is 7.14 Å². The Morgan fingerprint density at radius 2 is 0.531 bits per heavy atom. The van der Waals surface area contributed by atoms with Gasteiger partial charge in [-0.3, -0.25) is 0 Å². The maximum atomic E-state index is 16.1. The van der Waals surface area contributed by atoms with Crippen molar-refractivity contribution >= 4 is 110 Å². The van der Waals surface area contributed by atoms with Crippen molar-refractivity contribution in [1.29, 1.82) is 0 Å². The highest BCUT2D eigenvalue weighted by Gasteiger charge is 2.30. The lowest BCUT2D eigenvalue weighted by atomic mass is 9.92. The molecule has 0 saturated carbocycles. The Balaban J connectivity index is 0.990. The third-order valence-electron chi connectivity index (χ3n) is 13.3. The zero-order chi connectivity index (χ0) is 42.4. The predicted molar refractivity (Wildman–Crippen MR) is 272 cm³/mol. The molecule has 0 unspecified atom stereocenters. The van der Waals surface area contributed by atoms with E-state index in [1.165, 1.54) is 0 Å². The van der Waals surface area contributed by atoms with Gasteiger partial charge in [0.25, 0.3) is 0 Å². The largest absolute Gasteiger partial charge is 0.309 e. The molecule has 0 saturated heterocycles. The molecule has 0 atom stereocenters. The van der Waals surface area contributed by atoms with E-state index in [4.69, 9.17) is 9.97 Å². The minimum atomic E-state index is -3.35. The quantitative estimate of drug-likeness (QED) is 0.0986. The lowest BCUT2D eigenvalue weighted by Gasteiger charge is -2.21. The molecule has 0 aliphatic heterocycles. The van der Waals surface area contributed by atoms with Crippen LogP contribution in [0.3, 0.4) is 0 Å². The summed E-state index contributed by atoms with van der Waals surface area (Å²) in [4.78, 5) is 10.8. The van der Waals surface area contributed by atoms with Crippen LogP contribution in [0.1, 0.15) is 0 Å². The fraction of sp³-hybridized carbons (Fsp3) is 0. The summed E-state index contributed by atoms with van der Waals surface area (Å²) in [5, 5.41) is 15.9. The summed E-state index contributed by atoms with van der Waals surface area (Å²) in [6.07, 6.45) is 0. The number of nitrogens with zero attached hydrogens (tertiary/aromatic N) is 2. The fourth-order valence-corrected chi connectivity index (χ4v) is 12.8. The van der Waals surface area contributed by atoms with Crippen molar-refractivity contribution < 1.29 is 4.57 Å². The van der Waals surface area contributed by atoms with Crippen LogP contribution in [0.15, 0.2) is 224 Å². The molecule has 4 heteroatoms. The SMILES string of the molecule is O=P(c1ccccc1)(c1ccc(-c2c3ccc4ccccc4c3nc3c2ccc2ccccc23)cc1)c1ccc(-c2c3ccc4ccccc4c3nc3c2ccc2ccccc23)cc1. The van der Waals surface area contributed by atoms with Crippen molar-refractivity contribution in [3.63, 3.8) is 0 Å². The van der Waals surface area contributed by atoms with Gasteiger partial charge in [0, 0.05) is 70.1 Å². The number of benzene rings is 11. The Kier molecular flexibility index (Phi) is 8.19. The van der Waals surface area contributed by atoms with Gasteiger partial charge in [0.1, 0.15) is 0 Å². The highest BCUT2D eigenvalue weighted by atomic mass is 31.2. The van der Waals surface area contributed by atoms with Gasteiger partial charge < -0.3 is 4.57 Å². The van der Waals surface area contributed by atoms with Crippen molar-refractivity contribution in [1.82, 2.24) is 9.97 Å². The van der Waals surface area contributed by atoms with E-state index in [0.717, 1.165) is 125 Å². The second kappa shape index (κ2) is 14.3. The van der Waals surface area contributed by atoms with E-state index >= 15 is 4.57 Å². The predicted octanol–water partition coefficient (Wildman–Crippen LogP) is 14.7. The minimum Gasteiger partial charge on any atom is -0.309 e. The Morgan fingerprint density at radius 3 is 0.859 bits per heavy atom. The molecule has 0 aliphatic carbocycles. The first-order valence-corrected chi connectivity index (χ1v) is 23.5. The second-order valence-corrected chi connectivity index (χ2v) is 19.5. The van der Waals surface area contributed by atoms with Gasteiger partial charge in [-0.25, -0.2) is 9.97 Å². The molecule has 2 heterocycles. The number of hydrogen-bond acceptors (Lipinski definition) is 3. The summed E-state index contributed by atoms with van der Waals surface area (Å²) in [6.45, 7) is 0. The topological polar surface area (TPSA) is 42.9 Å². The van der Waals surface area contributed by atoms with Gasteiger partial charge in [-0.1, -0.05) is 224 Å². The highest BCUT2D eigenvalue weighted by Crippen LogP contribution is 2.46. The summed E-state index contributed by atoms with van der Waals surface area (Å²) in [6, 6.07) is 78.4. The van der Waals surface area contributed by atoms with Crippen LogP contribution in [0.25, 0.3) is 109 Å². The van der Waals surface area contributed by atoms with E-state index in [0.29, 0.717) is 0 Å². The molecule has 64 heavy (non-hydrogen) atoms. The van der Waals surface area contributed by atoms with Gasteiger partial charge >= 0.3 is 0 Å². The highest BCUT2D eigenvalue weighted by molar-refractivity contribution is 7.85. The van der Waals surface area contributed by atoms with E-state index < -0.39 is 7.14 Å². The number of hydrogen-bond donors (Lipinski definition) is 0. The number of fused-ring (bicyclic) bond motifs is 12. The van der Waals surface area contributed by atoms with Crippen LogP contribution in [0.4, 0.5) is 0 Å². The molecular weight excluding hydrogens is 796 g/mol. The van der Waals surface area contributed by atoms with Gasteiger partial charge in [0.2, 0.25) is 0 Å². The van der Waals surface area contributed by atoms with Crippen LogP contribution in [-0.2, 0) is 4.57 Å². The zero-order valence-corrected chi connectivity index (χ0v) is 35.5. The number of pyridine rings is 2. The molecule has 3 nitrogen and oxygen atoms in total. The third kappa shape index (κ3) is 5.51. The molecule has 0 aliphatic rings. The standard InChI is InChI=1S/C60H37N2OP/c63-64(44-16-2-1-3-17-44,45-30-22-42(23-31-45)55-51-34-26-38-12-4-8-18-47(38)57(51)61-58-48-19-9-5-13-39(48)27-35-52(55)58)46-32-24-43(25-33-46)56-53-36-28-40-14-6-10-20-49(40)59(53)62-60-50-21-11-7-15-41(50)29-37-54(56)60/h1-37H. The smallest absolute Gasteiger partial charge is 0.171 e. The molecule has 13 aromatic rings. The molecule has 0 fully saturated rings. The second-order valence-electron chi connectivity index (χ2n) is 16.7. The van der Waals surface area contributed by atoms with E-state index in [-0.39, 0.29) is 0 Å². The average molecular weight is 833 g/mol. The Bertz CT molecular complexity index is 3650. The van der Waals surface area contributed by atoms with Crippen LogP contribution in [0.5, 0.6) is 0 Å². The van der Waals surface area contributed by atoms with Crippen LogP contribution < -0.4 is 15.9 Å². The maximum absolute atomic E-state index is 16.1. The van der Waals surface area contributed by atoms with Crippen LogP contribution in [-0.4, -0.2) is 9.97 Å². The Labute approximate surface area is 369 Å². The molecule has 0 spiro atoms. The lowest BCUT2D eigenvalue weighted by molar-refractivity contribution is 0.592. The first-order valence-electron chi connectivity index (χ1n) is 21.8. The van der Waals surface area contributed by atoms with E-state index in [1.54, 1.807) is 0 Å². The summed E-state index contributed by atoms with van der Waals surface area (Å²) >= 11 is 0. The minimum absolute atomic E-state index is 0.784. The van der Waals surface area contributed by atoms with Crippen molar-refractivity contribution in [2.24, 2.45) is 0 Å². The van der Waals surface area contributed by atoms with E-state index in [9.17, 15) is 0 Å². The first kappa shape index (κ1) is 36.7. The van der Waals surface area contributed by atoms with Crippen LogP contribution >= 0.6 is 7.14 Å². The van der Waals surface area contributed by atoms with Crippen molar-refractivity contribution in [3.05, 3.63) is 224 Å². The van der Waals surface area contributed by atoms with E-state index in [1.807, 2.05) is 30.3 Å². The van der Waals surface area contributed by atoms with Gasteiger partial charge in [0.05, 0.1) is 22.1 Å². The zero-order valence-electron chi connectivity index (χ0n) is 34.6. The molecule has 13 rings (SSSR count). The third-order valence-corrected chi connectivity index (χ3v) is 16.4. The molecule has 0 radical (unpaired) electrons. The van der Waals surface area contributed by atoms with Crippen molar-refractivity contribution in [2.75, 3.05) is 0 Å². The molecular formula is C60H37N2OP. The summed E-state index contributed by atoms with van der Waals surface area (Å²) < 4.78 is 16.1. The summed E-state index contributed by atoms with van der Waals surface area (Å²) in [7, 11) is -3.35. The molecule has 0 bridgehead atoms. The van der Waals surface area contributed by atoms with Crippen molar-refractivity contribution in [3.8, 4) is 22.3 Å². The van der Waals surface area contributed by atoms with Gasteiger partial charge in [-0.15, -0.1) is 0 Å². The number of rotatable bonds is 5. The first-order chi connectivity index (χ1) is 31.6. The van der Waals surface area contributed by atoms with Crippen molar-refractivity contribution in [2.45, 2.75) is 0 Å². The monoisotopic (exact) mass is 832 g/mol. The summed E-state index contributed by atoms with van der Waals surface area (Å²) in [5.74, 6) is 0. The number of aromatic nitrogens is 2.